The molecule has 0 atom stereocenters. The van der Waals surface area contributed by atoms with Crippen LogP contribution in [0, 0.1) is 0 Å². The number of aromatic nitrogens is 3. The van der Waals surface area contributed by atoms with Crippen molar-refractivity contribution in [3.8, 4) is 11.5 Å². The van der Waals surface area contributed by atoms with Gasteiger partial charge in [0.15, 0.2) is 15.7 Å². The first-order valence-corrected chi connectivity index (χ1v) is 11.9. The van der Waals surface area contributed by atoms with E-state index in [0.717, 1.165) is 12.3 Å². The van der Waals surface area contributed by atoms with Crippen molar-refractivity contribution in [1.29, 1.82) is 0 Å². The summed E-state index contributed by atoms with van der Waals surface area (Å²) in [5.41, 5.74) is -1.23. The molecular formula is C21H21ClF3N5O2S. The molecule has 0 aliphatic rings. The second-order valence-corrected chi connectivity index (χ2v) is 10.8. The summed E-state index contributed by atoms with van der Waals surface area (Å²) in [6.07, 6.45) is -3.57. The number of hydrogen-bond acceptors (Lipinski definition) is 7. The molecule has 1 aromatic carbocycles. The van der Waals surface area contributed by atoms with Crippen LogP contribution < -0.4 is 10.6 Å². The minimum Gasteiger partial charge on any atom is -0.365 e. The van der Waals surface area contributed by atoms with Crippen molar-refractivity contribution in [3.63, 3.8) is 0 Å². The minimum atomic E-state index is -4.62. The molecule has 0 saturated carbocycles. The van der Waals surface area contributed by atoms with Gasteiger partial charge in [-0.25, -0.2) is 23.4 Å². The Morgan fingerprint density at radius 1 is 0.939 bits per heavy atom. The van der Waals surface area contributed by atoms with Crippen molar-refractivity contribution >= 4 is 38.8 Å². The molecule has 2 aromatic heterocycles. The molecule has 12 heteroatoms. The van der Waals surface area contributed by atoms with Crippen molar-refractivity contribution in [3.05, 3.63) is 53.2 Å². The summed E-state index contributed by atoms with van der Waals surface area (Å²) in [6, 6.07) is 9.19. The fourth-order valence-electron chi connectivity index (χ4n) is 2.79. The number of pyridine rings is 1. The molecule has 0 fully saturated rings. The Morgan fingerprint density at radius 3 is 2.21 bits per heavy atom. The molecule has 0 bridgehead atoms. The van der Waals surface area contributed by atoms with Gasteiger partial charge in [-0.15, -0.1) is 0 Å². The van der Waals surface area contributed by atoms with E-state index in [1.54, 1.807) is 6.07 Å². The number of alkyl halides is 3. The fraction of sp³-hybridized carbons (Fsp3) is 0.286. The zero-order valence-corrected chi connectivity index (χ0v) is 19.7. The molecule has 176 valence electrons. The molecule has 2 N–H and O–H groups in total. The molecule has 0 radical (unpaired) electrons. The smallest absolute Gasteiger partial charge is 0.365 e. The highest BCUT2D eigenvalue weighted by atomic mass is 35.5. The Bertz CT molecular complexity index is 1290. The Morgan fingerprint density at radius 2 is 1.61 bits per heavy atom. The van der Waals surface area contributed by atoms with Crippen LogP contribution in [-0.2, 0) is 16.0 Å². The number of halogens is 4. The lowest BCUT2D eigenvalue weighted by molar-refractivity contribution is -0.141. The van der Waals surface area contributed by atoms with Crippen LogP contribution in [-0.4, -0.2) is 35.2 Å². The van der Waals surface area contributed by atoms with Crippen LogP contribution in [0.15, 0.2) is 47.4 Å². The van der Waals surface area contributed by atoms with E-state index < -0.39 is 27.2 Å². The molecule has 7 nitrogen and oxygen atoms in total. The average Bonchev–Trinajstić information content (AvgIpc) is 2.64. The van der Waals surface area contributed by atoms with Crippen LogP contribution in [0.5, 0.6) is 0 Å². The van der Waals surface area contributed by atoms with Crippen LogP contribution in [0.3, 0.4) is 0 Å². The van der Waals surface area contributed by atoms with E-state index in [9.17, 15) is 21.6 Å². The van der Waals surface area contributed by atoms with Crippen molar-refractivity contribution < 1.29 is 21.6 Å². The van der Waals surface area contributed by atoms with Gasteiger partial charge >= 0.3 is 6.18 Å². The Hall–Kier alpha value is -2.92. The first-order valence-electron chi connectivity index (χ1n) is 9.60. The molecule has 0 unspecified atom stereocenters. The van der Waals surface area contributed by atoms with Crippen molar-refractivity contribution in [1.82, 2.24) is 15.0 Å². The van der Waals surface area contributed by atoms with Crippen LogP contribution in [0.4, 0.5) is 30.5 Å². The quantitative estimate of drug-likeness (QED) is 0.473. The molecule has 0 aliphatic carbocycles. The number of rotatable bonds is 5. The van der Waals surface area contributed by atoms with E-state index in [1.165, 1.54) is 30.3 Å². The van der Waals surface area contributed by atoms with Crippen molar-refractivity contribution in [2.24, 2.45) is 0 Å². The summed E-state index contributed by atoms with van der Waals surface area (Å²) in [6.45, 7) is 5.67. The maximum atomic E-state index is 13.1. The van der Waals surface area contributed by atoms with Gasteiger partial charge in [0.05, 0.1) is 4.90 Å². The highest BCUT2D eigenvalue weighted by molar-refractivity contribution is 7.90. The minimum absolute atomic E-state index is 0.000588. The van der Waals surface area contributed by atoms with Gasteiger partial charge < -0.3 is 10.6 Å². The topological polar surface area (TPSA) is 96.9 Å². The van der Waals surface area contributed by atoms with Crippen LogP contribution in [0.25, 0.3) is 11.5 Å². The molecule has 3 aromatic rings. The molecular weight excluding hydrogens is 479 g/mol. The highest BCUT2D eigenvalue weighted by Crippen LogP contribution is 2.30. The summed E-state index contributed by atoms with van der Waals surface area (Å²) < 4.78 is 63.3. The highest BCUT2D eigenvalue weighted by Gasteiger charge is 2.32. The number of benzene rings is 1. The Kier molecular flexibility index (Phi) is 6.58. The molecule has 2 heterocycles. The van der Waals surface area contributed by atoms with Gasteiger partial charge in [-0.3, -0.25) is 0 Å². The monoisotopic (exact) mass is 499 g/mol. The predicted octanol–water partition coefficient (Wildman–Crippen LogP) is 5.57. The van der Waals surface area contributed by atoms with Crippen LogP contribution in [0.1, 0.15) is 26.5 Å². The number of hydrogen-bond donors (Lipinski definition) is 2. The number of sulfone groups is 1. The maximum absolute atomic E-state index is 13.1. The van der Waals surface area contributed by atoms with Gasteiger partial charge in [0.1, 0.15) is 23.0 Å². The van der Waals surface area contributed by atoms with Crippen LogP contribution in [0.2, 0.25) is 5.02 Å². The SMILES string of the molecule is CC(C)(C)Nc1cc(Nc2cc(Cl)cc(S(C)(=O)=O)c2)nc(-c2cccc(C(F)(F)F)n2)n1. The number of nitrogens with one attached hydrogen (secondary N) is 2. The van der Waals surface area contributed by atoms with Gasteiger partial charge in [-0.2, -0.15) is 13.2 Å². The summed E-state index contributed by atoms with van der Waals surface area (Å²) in [7, 11) is -3.53. The lowest BCUT2D eigenvalue weighted by atomic mass is 10.1. The summed E-state index contributed by atoms with van der Waals surface area (Å²) in [4.78, 5) is 12.3. The van der Waals surface area contributed by atoms with E-state index in [4.69, 9.17) is 11.6 Å². The first kappa shape index (κ1) is 24.7. The van der Waals surface area contributed by atoms with Gasteiger partial charge in [-0.1, -0.05) is 17.7 Å². The van der Waals surface area contributed by atoms with E-state index >= 15 is 0 Å². The summed E-state index contributed by atoms with van der Waals surface area (Å²) in [5.74, 6) is 0.482. The van der Waals surface area contributed by atoms with E-state index in [0.29, 0.717) is 11.5 Å². The van der Waals surface area contributed by atoms with Crippen molar-refractivity contribution in [2.45, 2.75) is 37.4 Å². The molecule has 0 saturated heterocycles. The molecule has 3 rings (SSSR count). The third-order valence-electron chi connectivity index (χ3n) is 4.07. The molecule has 0 aliphatic heterocycles. The zero-order chi connectivity index (χ0) is 24.6. The molecule has 0 spiro atoms. The standard InChI is InChI=1S/C21H21ClF3N5O2S/c1-20(2,3)30-18-11-17(26-13-8-12(22)9-14(10-13)33(4,31)32)28-19(29-18)15-6-5-7-16(27-15)21(23,24)25/h5-11H,1-4H3,(H2,26,28,29,30). The number of anilines is 3. The second kappa shape index (κ2) is 8.79. The van der Waals surface area contributed by atoms with Crippen LogP contribution >= 0.6 is 11.6 Å². The van der Waals surface area contributed by atoms with Gasteiger partial charge in [0, 0.05) is 28.6 Å². The largest absolute Gasteiger partial charge is 0.433 e. The fourth-order valence-corrected chi connectivity index (χ4v) is 3.77. The molecule has 0 amide bonds. The maximum Gasteiger partial charge on any atom is 0.433 e. The van der Waals surface area contributed by atoms with E-state index in [1.807, 2.05) is 20.8 Å². The third kappa shape index (κ3) is 6.78. The van der Waals surface area contributed by atoms with Crippen molar-refractivity contribution in [2.75, 3.05) is 16.9 Å². The molecule has 33 heavy (non-hydrogen) atoms. The lowest BCUT2D eigenvalue weighted by Crippen LogP contribution is -2.27. The van der Waals surface area contributed by atoms with Gasteiger partial charge in [0.25, 0.3) is 0 Å². The second-order valence-electron chi connectivity index (χ2n) is 8.32. The third-order valence-corrected chi connectivity index (χ3v) is 5.38. The zero-order valence-electron chi connectivity index (χ0n) is 18.1. The lowest BCUT2D eigenvalue weighted by Gasteiger charge is -2.22. The number of nitrogens with zero attached hydrogens (tertiary/aromatic N) is 3. The first-order chi connectivity index (χ1) is 15.1. The predicted molar refractivity (Wildman–Crippen MR) is 121 cm³/mol. The average molecular weight is 500 g/mol. The van der Waals surface area contributed by atoms with E-state index in [-0.39, 0.29) is 27.3 Å². The summed E-state index contributed by atoms with van der Waals surface area (Å²) in [5, 5.41) is 6.28. The van der Waals surface area contributed by atoms with E-state index in [2.05, 4.69) is 25.6 Å². The Labute approximate surface area is 194 Å². The normalized spacial score (nSPS) is 12.5. The van der Waals surface area contributed by atoms with Gasteiger partial charge in [0.2, 0.25) is 0 Å². The summed E-state index contributed by atoms with van der Waals surface area (Å²) >= 11 is 6.06. The van der Waals surface area contributed by atoms with Gasteiger partial charge in [-0.05, 0) is 51.1 Å². The Balaban J connectivity index is 2.10.